The fourth-order valence-electron chi connectivity index (χ4n) is 2.72. The van der Waals surface area contributed by atoms with Gasteiger partial charge in [-0.25, -0.2) is 0 Å². The van der Waals surface area contributed by atoms with Crippen molar-refractivity contribution in [3.63, 3.8) is 0 Å². The number of halogens is 2. The molecule has 21 heavy (non-hydrogen) atoms. The second-order valence-corrected chi connectivity index (χ2v) is 6.39. The molecule has 0 amide bonds. The molecule has 1 unspecified atom stereocenters. The van der Waals surface area contributed by atoms with Gasteiger partial charge in [0.1, 0.15) is 0 Å². The van der Waals surface area contributed by atoms with E-state index in [2.05, 4.69) is 59.4 Å². The predicted octanol–water partition coefficient (Wildman–Crippen LogP) is 5.54. The van der Waals surface area contributed by atoms with E-state index in [1.165, 1.54) is 22.3 Å². The van der Waals surface area contributed by atoms with E-state index >= 15 is 0 Å². The standard InChI is InChI=1S/C18H21BrClN/c1-4-12-6-7-14(10-13(12)5-2)18(21-3)15-8-9-16(19)17(20)11-15/h6-11,18,21H,4-5H2,1-3H3. The SMILES string of the molecule is CCc1ccc(C(NC)c2ccc(Br)c(Cl)c2)cc1CC. The van der Waals surface area contributed by atoms with Crippen molar-refractivity contribution in [1.82, 2.24) is 5.32 Å². The van der Waals surface area contributed by atoms with Crippen LogP contribution in [0, 0.1) is 0 Å². The van der Waals surface area contributed by atoms with Crippen molar-refractivity contribution in [3.05, 3.63) is 68.1 Å². The van der Waals surface area contributed by atoms with Gasteiger partial charge in [0.2, 0.25) is 0 Å². The van der Waals surface area contributed by atoms with Crippen molar-refractivity contribution in [2.75, 3.05) is 7.05 Å². The van der Waals surface area contributed by atoms with E-state index in [4.69, 9.17) is 11.6 Å². The molecule has 2 rings (SSSR count). The number of hydrogen-bond donors (Lipinski definition) is 1. The Balaban J connectivity index is 2.43. The second-order valence-electron chi connectivity index (χ2n) is 5.13. The summed E-state index contributed by atoms with van der Waals surface area (Å²) in [6.45, 7) is 4.42. The van der Waals surface area contributed by atoms with Crippen molar-refractivity contribution in [3.8, 4) is 0 Å². The van der Waals surface area contributed by atoms with Gasteiger partial charge < -0.3 is 5.32 Å². The first kappa shape index (κ1) is 16.5. The molecule has 0 bridgehead atoms. The Morgan fingerprint density at radius 1 is 1.00 bits per heavy atom. The molecule has 0 heterocycles. The Bertz CT molecular complexity index is 625. The highest BCUT2D eigenvalue weighted by molar-refractivity contribution is 9.10. The van der Waals surface area contributed by atoms with Crippen LogP contribution in [0.25, 0.3) is 0 Å². The summed E-state index contributed by atoms with van der Waals surface area (Å²) in [5.41, 5.74) is 5.32. The van der Waals surface area contributed by atoms with Crippen LogP contribution in [0.1, 0.15) is 42.1 Å². The van der Waals surface area contributed by atoms with Crippen molar-refractivity contribution >= 4 is 27.5 Å². The summed E-state index contributed by atoms with van der Waals surface area (Å²) in [6, 6.07) is 13.1. The van der Waals surface area contributed by atoms with Gasteiger partial charge >= 0.3 is 0 Å². The normalized spacial score (nSPS) is 12.4. The van der Waals surface area contributed by atoms with Crippen LogP contribution in [-0.2, 0) is 12.8 Å². The smallest absolute Gasteiger partial charge is 0.0574 e. The van der Waals surface area contributed by atoms with Crippen molar-refractivity contribution in [1.29, 1.82) is 0 Å². The fraction of sp³-hybridized carbons (Fsp3) is 0.333. The predicted molar refractivity (Wildman–Crippen MR) is 95.3 cm³/mol. The quantitative estimate of drug-likeness (QED) is 0.733. The number of benzene rings is 2. The Hall–Kier alpha value is -0.830. The molecule has 2 aromatic carbocycles. The minimum atomic E-state index is 0.159. The lowest BCUT2D eigenvalue weighted by molar-refractivity contribution is 0.690. The van der Waals surface area contributed by atoms with Gasteiger partial charge in [0.15, 0.2) is 0 Å². The molecule has 0 fully saturated rings. The van der Waals surface area contributed by atoms with E-state index < -0.39 is 0 Å². The summed E-state index contributed by atoms with van der Waals surface area (Å²) in [7, 11) is 1.99. The molecule has 0 radical (unpaired) electrons. The zero-order valence-corrected chi connectivity index (χ0v) is 15.1. The molecular formula is C18H21BrClN. The van der Waals surface area contributed by atoms with Crippen LogP contribution in [0.3, 0.4) is 0 Å². The third kappa shape index (κ3) is 3.68. The Labute approximate surface area is 140 Å². The zero-order valence-electron chi connectivity index (χ0n) is 12.7. The highest BCUT2D eigenvalue weighted by atomic mass is 79.9. The van der Waals surface area contributed by atoms with Crippen molar-refractivity contribution in [2.45, 2.75) is 32.7 Å². The van der Waals surface area contributed by atoms with Gasteiger partial charge in [0.25, 0.3) is 0 Å². The van der Waals surface area contributed by atoms with Crippen molar-refractivity contribution < 1.29 is 0 Å². The van der Waals surface area contributed by atoms with Gasteiger partial charge in [0, 0.05) is 4.47 Å². The largest absolute Gasteiger partial charge is 0.309 e. The average Bonchev–Trinajstić information content (AvgIpc) is 2.51. The molecule has 1 atom stereocenters. The van der Waals surface area contributed by atoms with Gasteiger partial charge in [0.05, 0.1) is 11.1 Å². The first-order valence-corrected chi connectivity index (χ1v) is 8.51. The molecule has 1 N–H and O–H groups in total. The maximum absolute atomic E-state index is 6.23. The molecule has 0 saturated carbocycles. The summed E-state index contributed by atoms with van der Waals surface area (Å²) in [5, 5.41) is 4.14. The number of aryl methyl sites for hydroxylation is 2. The maximum Gasteiger partial charge on any atom is 0.0574 e. The fourth-order valence-corrected chi connectivity index (χ4v) is 3.15. The lowest BCUT2D eigenvalue weighted by Gasteiger charge is -2.20. The summed E-state index contributed by atoms with van der Waals surface area (Å²) in [6.07, 6.45) is 2.15. The summed E-state index contributed by atoms with van der Waals surface area (Å²) >= 11 is 9.68. The molecule has 3 heteroatoms. The van der Waals surface area contributed by atoms with Crippen LogP contribution in [0.5, 0.6) is 0 Å². The average molecular weight is 367 g/mol. The first-order chi connectivity index (χ1) is 10.1. The second kappa shape index (κ2) is 7.44. The number of hydrogen-bond acceptors (Lipinski definition) is 1. The topological polar surface area (TPSA) is 12.0 Å². The minimum Gasteiger partial charge on any atom is -0.309 e. The molecule has 0 aliphatic heterocycles. The third-order valence-corrected chi connectivity index (χ3v) is 5.12. The van der Waals surface area contributed by atoms with Gasteiger partial charge in [-0.1, -0.05) is 49.7 Å². The molecule has 2 aromatic rings. The first-order valence-electron chi connectivity index (χ1n) is 7.34. The summed E-state index contributed by atoms with van der Waals surface area (Å²) < 4.78 is 0.929. The maximum atomic E-state index is 6.23. The van der Waals surface area contributed by atoms with Gasteiger partial charge in [-0.2, -0.15) is 0 Å². The van der Waals surface area contributed by atoms with E-state index in [1.54, 1.807) is 0 Å². The zero-order chi connectivity index (χ0) is 15.4. The van der Waals surface area contributed by atoms with Crippen LogP contribution in [0.15, 0.2) is 40.9 Å². The molecule has 112 valence electrons. The van der Waals surface area contributed by atoms with Crippen LogP contribution < -0.4 is 5.32 Å². The highest BCUT2D eigenvalue weighted by Gasteiger charge is 2.14. The molecule has 0 aromatic heterocycles. The van der Waals surface area contributed by atoms with E-state index in [0.29, 0.717) is 0 Å². The van der Waals surface area contributed by atoms with Crippen LogP contribution in [-0.4, -0.2) is 7.05 Å². The number of rotatable bonds is 5. The summed E-state index contributed by atoms with van der Waals surface area (Å²) in [4.78, 5) is 0. The molecule has 0 spiro atoms. The highest BCUT2D eigenvalue weighted by Crippen LogP contribution is 2.30. The summed E-state index contributed by atoms with van der Waals surface area (Å²) in [5.74, 6) is 0. The van der Waals surface area contributed by atoms with Crippen LogP contribution in [0.4, 0.5) is 0 Å². The van der Waals surface area contributed by atoms with E-state index in [0.717, 1.165) is 22.3 Å². The minimum absolute atomic E-state index is 0.159. The Morgan fingerprint density at radius 2 is 1.62 bits per heavy atom. The van der Waals surface area contributed by atoms with E-state index in [1.807, 2.05) is 19.2 Å². The Morgan fingerprint density at radius 3 is 2.19 bits per heavy atom. The van der Waals surface area contributed by atoms with Crippen molar-refractivity contribution in [2.24, 2.45) is 0 Å². The molecule has 0 aliphatic rings. The molecule has 1 nitrogen and oxygen atoms in total. The molecule has 0 saturated heterocycles. The van der Waals surface area contributed by atoms with Gasteiger partial charge in [-0.15, -0.1) is 0 Å². The van der Waals surface area contributed by atoms with E-state index in [-0.39, 0.29) is 6.04 Å². The Kier molecular flexibility index (Phi) is 5.86. The monoisotopic (exact) mass is 365 g/mol. The number of nitrogens with one attached hydrogen (secondary N) is 1. The molecular weight excluding hydrogens is 346 g/mol. The lowest BCUT2D eigenvalue weighted by atomic mass is 9.93. The third-order valence-electron chi connectivity index (χ3n) is 3.89. The molecule has 0 aliphatic carbocycles. The van der Waals surface area contributed by atoms with E-state index in [9.17, 15) is 0 Å². The van der Waals surface area contributed by atoms with Crippen LogP contribution >= 0.6 is 27.5 Å². The van der Waals surface area contributed by atoms with Crippen LogP contribution in [0.2, 0.25) is 5.02 Å². The lowest BCUT2D eigenvalue weighted by Crippen LogP contribution is -2.18. The van der Waals surface area contributed by atoms with Gasteiger partial charge in [-0.05, 0) is 70.2 Å². The van der Waals surface area contributed by atoms with Gasteiger partial charge in [-0.3, -0.25) is 0 Å².